The lowest BCUT2D eigenvalue weighted by molar-refractivity contribution is -0.120. The zero-order chi connectivity index (χ0) is 18.2. The molecule has 0 heterocycles. The number of nitrogens with zero attached hydrogens (tertiary/aromatic N) is 1. The fraction of sp³-hybridized carbons (Fsp3) is 0.222. The summed E-state index contributed by atoms with van der Waals surface area (Å²) in [5.41, 5.74) is 2.30. The van der Waals surface area contributed by atoms with Gasteiger partial charge in [-0.1, -0.05) is 22.8 Å². The van der Waals surface area contributed by atoms with Crippen molar-refractivity contribution in [3.05, 3.63) is 52.5 Å². The van der Waals surface area contributed by atoms with Crippen LogP contribution in [0.25, 0.3) is 0 Å². The summed E-state index contributed by atoms with van der Waals surface area (Å²) in [5, 5.41) is 7.05. The fourth-order valence-electron chi connectivity index (χ4n) is 1.99. The van der Waals surface area contributed by atoms with Gasteiger partial charge in [0.1, 0.15) is 0 Å². The molecule has 7 heteroatoms. The molecule has 0 aliphatic carbocycles. The van der Waals surface area contributed by atoms with Crippen LogP contribution in [-0.2, 0) is 9.63 Å². The summed E-state index contributed by atoms with van der Waals surface area (Å²) in [6.07, 6.45) is 1.48. The number of ether oxygens (including phenoxy) is 2. The number of halogens is 1. The number of benzene rings is 2. The second-order valence-corrected chi connectivity index (χ2v) is 5.54. The van der Waals surface area contributed by atoms with Gasteiger partial charge in [-0.15, -0.1) is 0 Å². The first-order valence-electron chi connectivity index (χ1n) is 7.47. The van der Waals surface area contributed by atoms with E-state index in [-0.39, 0.29) is 12.5 Å². The van der Waals surface area contributed by atoms with Crippen LogP contribution in [0.5, 0.6) is 11.5 Å². The van der Waals surface area contributed by atoms with Crippen molar-refractivity contribution >= 4 is 29.4 Å². The fourth-order valence-corrected chi connectivity index (χ4v) is 2.18. The van der Waals surface area contributed by atoms with E-state index in [1.807, 2.05) is 13.0 Å². The van der Waals surface area contributed by atoms with Gasteiger partial charge in [0.25, 0.3) is 5.91 Å². The van der Waals surface area contributed by atoms with Gasteiger partial charge in [-0.3, -0.25) is 4.79 Å². The first-order valence-corrected chi connectivity index (χ1v) is 7.84. The third-order valence-electron chi connectivity index (χ3n) is 3.34. The number of carbonyl (C=O) groups excluding carboxylic acids is 1. The van der Waals surface area contributed by atoms with E-state index >= 15 is 0 Å². The van der Waals surface area contributed by atoms with Gasteiger partial charge in [0.05, 0.1) is 20.4 Å². The average Bonchev–Trinajstić information content (AvgIpc) is 2.61. The summed E-state index contributed by atoms with van der Waals surface area (Å²) in [5.74, 6) is 0.876. The summed E-state index contributed by atoms with van der Waals surface area (Å²) >= 11 is 6.01. The first-order chi connectivity index (χ1) is 12.0. The summed E-state index contributed by atoms with van der Waals surface area (Å²) in [7, 11) is 3.12. The number of aryl methyl sites for hydroxylation is 1. The standard InChI is InChI=1S/C18H19ClN2O4/c1-12-4-6-14(9-15(12)19)21-18(22)11-25-20-10-13-5-7-16(23-2)17(8-13)24-3/h4-10H,11H2,1-3H3,(H,21,22)/b20-10-. The predicted molar refractivity (Wildman–Crippen MR) is 97.9 cm³/mol. The Hall–Kier alpha value is -2.73. The molecule has 2 aromatic carbocycles. The Morgan fingerprint density at radius 3 is 2.60 bits per heavy atom. The van der Waals surface area contributed by atoms with Gasteiger partial charge in [-0.05, 0) is 42.8 Å². The maximum absolute atomic E-state index is 11.8. The molecule has 1 amide bonds. The van der Waals surface area contributed by atoms with E-state index in [9.17, 15) is 4.79 Å². The molecular weight excluding hydrogens is 344 g/mol. The van der Waals surface area contributed by atoms with Crippen molar-refractivity contribution in [2.45, 2.75) is 6.92 Å². The van der Waals surface area contributed by atoms with Crippen LogP contribution in [-0.4, -0.2) is 32.9 Å². The van der Waals surface area contributed by atoms with Crippen molar-refractivity contribution in [1.29, 1.82) is 0 Å². The maximum Gasteiger partial charge on any atom is 0.265 e. The topological polar surface area (TPSA) is 69.2 Å². The number of hydrogen-bond acceptors (Lipinski definition) is 5. The minimum atomic E-state index is -0.329. The van der Waals surface area contributed by atoms with E-state index < -0.39 is 0 Å². The van der Waals surface area contributed by atoms with Crippen molar-refractivity contribution in [2.75, 3.05) is 26.1 Å². The molecule has 0 saturated carbocycles. The van der Waals surface area contributed by atoms with Crippen LogP contribution in [0.1, 0.15) is 11.1 Å². The average molecular weight is 363 g/mol. The molecule has 25 heavy (non-hydrogen) atoms. The molecule has 0 saturated heterocycles. The SMILES string of the molecule is COc1ccc(/C=N\OCC(=O)Nc2ccc(C)c(Cl)c2)cc1OC. The van der Waals surface area contributed by atoms with Crippen LogP contribution in [0, 0.1) is 6.92 Å². The number of anilines is 1. The molecule has 0 fully saturated rings. The Bertz CT molecular complexity index is 778. The number of carbonyl (C=O) groups is 1. The zero-order valence-corrected chi connectivity index (χ0v) is 15.0. The number of nitrogens with one attached hydrogen (secondary N) is 1. The summed E-state index contributed by atoms with van der Waals surface area (Å²) in [6.45, 7) is 1.68. The smallest absolute Gasteiger partial charge is 0.265 e. The van der Waals surface area contributed by atoms with Crippen LogP contribution >= 0.6 is 11.6 Å². The quantitative estimate of drug-likeness (QED) is 0.603. The lowest BCUT2D eigenvalue weighted by atomic mass is 10.2. The molecule has 0 atom stereocenters. The second-order valence-electron chi connectivity index (χ2n) is 5.13. The molecule has 0 unspecified atom stereocenters. The number of oxime groups is 1. The maximum atomic E-state index is 11.8. The zero-order valence-electron chi connectivity index (χ0n) is 14.2. The van der Waals surface area contributed by atoms with Crippen molar-refractivity contribution in [3.63, 3.8) is 0 Å². The number of rotatable bonds is 7. The summed E-state index contributed by atoms with van der Waals surface area (Å²) in [6, 6.07) is 10.6. The Balaban J connectivity index is 1.86. The third kappa shape index (κ3) is 5.39. The highest BCUT2D eigenvalue weighted by molar-refractivity contribution is 6.31. The third-order valence-corrected chi connectivity index (χ3v) is 3.74. The van der Waals surface area contributed by atoms with Crippen LogP contribution < -0.4 is 14.8 Å². The van der Waals surface area contributed by atoms with Crippen molar-refractivity contribution in [3.8, 4) is 11.5 Å². The molecule has 0 aliphatic rings. The van der Waals surface area contributed by atoms with Gasteiger partial charge in [0.15, 0.2) is 18.1 Å². The molecule has 1 N–H and O–H groups in total. The minimum Gasteiger partial charge on any atom is -0.493 e. The van der Waals surface area contributed by atoms with Gasteiger partial charge in [0, 0.05) is 16.3 Å². The molecule has 2 aromatic rings. The van der Waals surface area contributed by atoms with Gasteiger partial charge >= 0.3 is 0 Å². The van der Waals surface area contributed by atoms with Crippen molar-refractivity contribution < 1.29 is 19.1 Å². The van der Waals surface area contributed by atoms with Gasteiger partial charge in [-0.2, -0.15) is 0 Å². The molecule has 0 bridgehead atoms. The number of hydrogen-bond donors (Lipinski definition) is 1. The molecule has 0 radical (unpaired) electrons. The van der Waals surface area contributed by atoms with Crippen molar-refractivity contribution in [2.24, 2.45) is 5.16 Å². The van der Waals surface area contributed by atoms with Crippen molar-refractivity contribution in [1.82, 2.24) is 0 Å². The van der Waals surface area contributed by atoms with E-state index in [0.717, 1.165) is 11.1 Å². The molecule has 132 valence electrons. The van der Waals surface area contributed by atoms with E-state index in [2.05, 4.69) is 10.5 Å². The van der Waals surface area contributed by atoms with Crippen LogP contribution in [0.4, 0.5) is 5.69 Å². The minimum absolute atomic E-state index is 0.213. The highest BCUT2D eigenvalue weighted by Crippen LogP contribution is 2.26. The first kappa shape index (κ1) is 18.6. The van der Waals surface area contributed by atoms with Gasteiger partial charge in [0.2, 0.25) is 0 Å². The van der Waals surface area contributed by atoms with Crippen LogP contribution in [0.3, 0.4) is 0 Å². The molecule has 0 spiro atoms. The monoisotopic (exact) mass is 362 g/mol. The predicted octanol–water partition coefficient (Wildman–Crippen LogP) is 3.65. The van der Waals surface area contributed by atoms with E-state index in [1.165, 1.54) is 6.21 Å². The lowest BCUT2D eigenvalue weighted by Crippen LogP contribution is -2.17. The summed E-state index contributed by atoms with van der Waals surface area (Å²) < 4.78 is 10.4. The highest BCUT2D eigenvalue weighted by atomic mass is 35.5. The Morgan fingerprint density at radius 2 is 1.92 bits per heavy atom. The molecular formula is C18H19ClN2O4. The largest absolute Gasteiger partial charge is 0.493 e. The van der Waals surface area contributed by atoms with E-state index in [4.69, 9.17) is 25.9 Å². The Kier molecular flexibility index (Phi) is 6.65. The Labute approximate surface area is 151 Å². The highest BCUT2D eigenvalue weighted by Gasteiger charge is 2.05. The second kappa shape index (κ2) is 8.94. The normalized spacial score (nSPS) is 10.6. The van der Waals surface area contributed by atoms with Gasteiger partial charge < -0.3 is 19.6 Å². The lowest BCUT2D eigenvalue weighted by Gasteiger charge is -2.07. The number of amides is 1. The number of methoxy groups -OCH3 is 2. The molecule has 0 aromatic heterocycles. The molecule has 2 rings (SSSR count). The van der Waals surface area contributed by atoms with Crippen LogP contribution in [0.15, 0.2) is 41.6 Å². The van der Waals surface area contributed by atoms with Gasteiger partial charge in [-0.25, -0.2) is 0 Å². The molecule has 6 nitrogen and oxygen atoms in total. The van der Waals surface area contributed by atoms with E-state index in [0.29, 0.717) is 22.2 Å². The van der Waals surface area contributed by atoms with E-state index in [1.54, 1.807) is 44.6 Å². The summed E-state index contributed by atoms with van der Waals surface area (Å²) in [4.78, 5) is 16.8. The molecule has 0 aliphatic heterocycles. The van der Waals surface area contributed by atoms with Crippen LogP contribution in [0.2, 0.25) is 5.02 Å². The Morgan fingerprint density at radius 1 is 1.16 bits per heavy atom.